The van der Waals surface area contributed by atoms with E-state index in [2.05, 4.69) is 33.0 Å². The molecule has 0 unspecified atom stereocenters. The number of carbonyl (C=O) groups excluding carboxylic acids is 4. The van der Waals surface area contributed by atoms with Gasteiger partial charge >= 0.3 is 12.1 Å². The van der Waals surface area contributed by atoms with Gasteiger partial charge < -0.3 is 35.2 Å². The predicted octanol–water partition coefficient (Wildman–Crippen LogP) is 8.03. The van der Waals surface area contributed by atoms with E-state index in [0.29, 0.717) is 42.4 Å². The van der Waals surface area contributed by atoms with Gasteiger partial charge in [-0.25, -0.2) is 9.59 Å². The molecule has 1 atom stereocenters. The fourth-order valence-corrected chi connectivity index (χ4v) is 8.66. The standard InChI is InChI=1S/C50H58N6O8/c1-7-51-47(60)46-54-53-45(39-27-38(30(2)3)42(57)28-43(39)58)56(46)33-18-16-31(17-19-33)26-32-22-24-55(25-23-32)44(59)21-20-41(48(61)64-50(4,5)6)52-49(62)63-29-40-36-14-10-8-12-34(36)35-13-9-11-15-37(35)40/h8-19,27-28,30,32,40-41,57-58H,7,20-26,29H2,1-6H3,(H,51,60)(H,52,62)/t41-/m0/s1. The maximum atomic E-state index is 13.5. The Bertz CT molecular complexity index is 2450. The number of ether oxygens (including phenoxy) is 2. The minimum absolute atomic E-state index is 0.0294. The number of phenolic OH excluding ortho intramolecular Hbond substituents is 2. The van der Waals surface area contributed by atoms with Crippen LogP contribution in [0.3, 0.4) is 0 Å². The molecule has 1 aromatic heterocycles. The SMILES string of the molecule is CCNC(=O)c1nnc(-c2cc(C(C)C)c(O)cc2O)n1-c1ccc(CC2CCN(C(=O)CC[C@H](NC(=O)OCC3c4ccccc4-c4ccccc43)C(=O)OC(C)(C)C)CC2)cc1. The first-order valence-corrected chi connectivity index (χ1v) is 22.1. The van der Waals surface area contributed by atoms with E-state index in [4.69, 9.17) is 9.47 Å². The maximum Gasteiger partial charge on any atom is 0.407 e. The molecule has 4 aromatic carbocycles. The smallest absolute Gasteiger partial charge is 0.407 e. The molecule has 1 aliphatic carbocycles. The van der Waals surface area contributed by atoms with Gasteiger partial charge in [0.1, 0.15) is 29.7 Å². The number of nitrogens with zero attached hydrogens (tertiary/aromatic N) is 4. The number of nitrogens with one attached hydrogen (secondary N) is 2. The van der Waals surface area contributed by atoms with Crippen LogP contribution in [0.1, 0.15) is 112 Å². The number of likely N-dealkylation sites (tertiary alicyclic amines) is 1. The van der Waals surface area contributed by atoms with Crippen LogP contribution in [-0.4, -0.2) is 91.6 Å². The van der Waals surface area contributed by atoms with Crippen molar-refractivity contribution < 1.29 is 38.9 Å². The molecular weight excluding hydrogens is 813 g/mol. The van der Waals surface area contributed by atoms with Crippen LogP contribution in [0.5, 0.6) is 11.5 Å². The third-order valence-corrected chi connectivity index (χ3v) is 11.9. The second kappa shape index (κ2) is 19.4. The van der Waals surface area contributed by atoms with Crippen molar-refractivity contribution in [2.75, 3.05) is 26.2 Å². The average Bonchev–Trinajstić information content (AvgIpc) is 3.84. The Morgan fingerprint density at radius 1 is 0.844 bits per heavy atom. The number of hydrogen-bond donors (Lipinski definition) is 4. The van der Waals surface area contributed by atoms with Crippen molar-refractivity contribution in [3.05, 3.63) is 113 Å². The average molecular weight is 871 g/mol. The molecule has 2 heterocycles. The lowest BCUT2D eigenvalue weighted by atomic mass is 9.90. The molecule has 1 fully saturated rings. The molecule has 0 saturated carbocycles. The van der Waals surface area contributed by atoms with Crippen LogP contribution < -0.4 is 10.6 Å². The topological polar surface area (TPSA) is 185 Å². The highest BCUT2D eigenvalue weighted by molar-refractivity contribution is 5.92. The Balaban J connectivity index is 0.953. The van der Waals surface area contributed by atoms with E-state index in [0.717, 1.165) is 47.1 Å². The summed E-state index contributed by atoms with van der Waals surface area (Å²) in [6.07, 6.45) is 1.71. The number of esters is 1. The Hall–Kier alpha value is -6.70. The molecule has 64 heavy (non-hydrogen) atoms. The van der Waals surface area contributed by atoms with Crippen LogP contribution in [0.4, 0.5) is 4.79 Å². The molecule has 336 valence electrons. The summed E-state index contributed by atoms with van der Waals surface area (Å²) in [6.45, 7) is 12.5. The van der Waals surface area contributed by atoms with Gasteiger partial charge in [-0.3, -0.25) is 14.2 Å². The van der Waals surface area contributed by atoms with E-state index in [1.54, 1.807) is 31.4 Å². The molecule has 3 amide bonds. The molecule has 0 bridgehead atoms. The molecule has 0 radical (unpaired) electrons. The summed E-state index contributed by atoms with van der Waals surface area (Å²) in [5, 5.41) is 35.4. The number of hydrogen-bond acceptors (Lipinski definition) is 10. The molecule has 5 aromatic rings. The zero-order chi connectivity index (χ0) is 45.7. The van der Waals surface area contributed by atoms with E-state index < -0.39 is 29.6 Å². The molecule has 2 aliphatic rings. The van der Waals surface area contributed by atoms with Gasteiger partial charge in [0.2, 0.25) is 11.7 Å². The van der Waals surface area contributed by atoms with E-state index >= 15 is 0 Å². The van der Waals surface area contributed by atoms with Crippen molar-refractivity contribution in [2.45, 2.75) is 97.1 Å². The maximum absolute atomic E-state index is 13.5. The van der Waals surface area contributed by atoms with Crippen LogP contribution in [-0.2, 0) is 25.5 Å². The Kier molecular flexibility index (Phi) is 13.7. The van der Waals surface area contributed by atoms with Gasteiger partial charge in [-0.2, -0.15) is 0 Å². The molecule has 1 aliphatic heterocycles. The first-order chi connectivity index (χ1) is 30.6. The number of rotatable bonds is 14. The second-order valence-electron chi connectivity index (χ2n) is 17.9. The normalized spacial score (nSPS) is 14.5. The predicted molar refractivity (Wildman–Crippen MR) is 242 cm³/mol. The fraction of sp³-hybridized carbons (Fsp3) is 0.400. The number of benzene rings is 4. The Morgan fingerprint density at radius 3 is 2.09 bits per heavy atom. The van der Waals surface area contributed by atoms with E-state index in [1.807, 2.05) is 86.3 Å². The number of piperidine rings is 1. The largest absolute Gasteiger partial charge is 0.508 e. The summed E-state index contributed by atoms with van der Waals surface area (Å²) in [7, 11) is 0. The summed E-state index contributed by atoms with van der Waals surface area (Å²) < 4.78 is 13.0. The quantitative estimate of drug-likeness (QED) is 0.0797. The van der Waals surface area contributed by atoms with E-state index in [9.17, 15) is 29.4 Å². The van der Waals surface area contributed by atoms with Gasteiger partial charge in [-0.05, 0) is 117 Å². The minimum Gasteiger partial charge on any atom is -0.508 e. The van der Waals surface area contributed by atoms with Gasteiger partial charge in [0.15, 0.2) is 5.82 Å². The van der Waals surface area contributed by atoms with Crippen molar-refractivity contribution >= 4 is 23.9 Å². The van der Waals surface area contributed by atoms with Gasteiger partial charge in [0.25, 0.3) is 5.91 Å². The van der Waals surface area contributed by atoms with Crippen molar-refractivity contribution in [1.82, 2.24) is 30.3 Å². The van der Waals surface area contributed by atoms with Gasteiger partial charge in [-0.1, -0.05) is 74.5 Å². The second-order valence-corrected chi connectivity index (χ2v) is 17.9. The van der Waals surface area contributed by atoms with Crippen molar-refractivity contribution in [1.29, 1.82) is 0 Å². The Morgan fingerprint density at radius 2 is 1.48 bits per heavy atom. The van der Waals surface area contributed by atoms with Crippen LogP contribution in [0.25, 0.3) is 28.2 Å². The van der Waals surface area contributed by atoms with Crippen LogP contribution in [0.2, 0.25) is 0 Å². The zero-order valence-electron chi connectivity index (χ0n) is 37.4. The number of aromatic hydroxyl groups is 2. The summed E-state index contributed by atoms with van der Waals surface area (Å²) in [4.78, 5) is 55.0. The van der Waals surface area contributed by atoms with Gasteiger partial charge in [-0.15, -0.1) is 10.2 Å². The lowest BCUT2D eigenvalue weighted by Crippen LogP contribution is -2.46. The number of phenols is 2. The molecule has 1 saturated heterocycles. The van der Waals surface area contributed by atoms with Crippen molar-refractivity contribution in [2.24, 2.45) is 5.92 Å². The lowest BCUT2D eigenvalue weighted by Gasteiger charge is -2.32. The van der Waals surface area contributed by atoms with Crippen LogP contribution in [0, 0.1) is 5.92 Å². The summed E-state index contributed by atoms with van der Waals surface area (Å²) in [5.74, 6) is -0.897. The minimum atomic E-state index is -1.07. The number of fused-ring (bicyclic) bond motifs is 3. The highest BCUT2D eigenvalue weighted by Gasteiger charge is 2.33. The van der Waals surface area contributed by atoms with Crippen molar-refractivity contribution in [3.8, 4) is 39.7 Å². The first kappa shape index (κ1) is 45.3. The summed E-state index contributed by atoms with van der Waals surface area (Å²) in [5.41, 5.74) is 6.24. The van der Waals surface area contributed by atoms with Crippen LogP contribution >= 0.6 is 0 Å². The zero-order valence-corrected chi connectivity index (χ0v) is 37.4. The highest BCUT2D eigenvalue weighted by Crippen LogP contribution is 2.44. The third kappa shape index (κ3) is 10.2. The summed E-state index contributed by atoms with van der Waals surface area (Å²) in [6, 6.07) is 25.8. The molecule has 14 heteroatoms. The monoisotopic (exact) mass is 870 g/mol. The highest BCUT2D eigenvalue weighted by atomic mass is 16.6. The summed E-state index contributed by atoms with van der Waals surface area (Å²) >= 11 is 0. The third-order valence-electron chi connectivity index (χ3n) is 11.9. The number of carbonyl (C=O) groups is 4. The lowest BCUT2D eigenvalue weighted by molar-refractivity contribution is -0.157. The molecule has 7 rings (SSSR count). The fourth-order valence-electron chi connectivity index (χ4n) is 8.66. The molecule has 0 spiro atoms. The molecular formula is C50H58N6O8. The molecule has 4 N–H and O–H groups in total. The van der Waals surface area contributed by atoms with E-state index in [-0.39, 0.29) is 60.3 Å². The number of amides is 3. The van der Waals surface area contributed by atoms with Gasteiger partial charge in [0.05, 0.1) is 5.56 Å². The first-order valence-electron chi connectivity index (χ1n) is 22.1. The Labute approximate surface area is 374 Å². The number of alkyl carbamates (subject to hydrolysis) is 1. The van der Waals surface area contributed by atoms with Crippen molar-refractivity contribution in [3.63, 3.8) is 0 Å². The van der Waals surface area contributed by atoms with Crippen LogP contribution in [0.15, 0.2) is 84.9 Å². The van der Waals surface area contributed by atoms with Gasteiger partial charge in [0, 0.05) is 43.7 Å². The molecule has 14 nitrogen and oxygen atoms in total. The van der Waals surface area contributed by atoms with E-state index in [1.165, 1.54) is 6.07 Å². The number of aromatic nitrogens is 3.